The van der Waals surface area contributed by atoms with Crippen molar-refractivity contribution in [1.29, 1.82) is 0 Å². The van der Waals surface area contributed by atoms with Gasteiger partial charge in [0, 0.05) is 0 Å². The molecule has 0 aliphatic rings. The molecule has 0 amide bonds. The first-order valence-corrected chi connectivity index (χ1v) is 24.0. The average Bonchev–Trinajstić information content (AvgIpc) is 3.45. The molecule has 0 fully saturated rings. The van der Waals surface area contributed by atoms with Crippen LogP contribution in [0.25, 0.3) is 0 Å². The molecule has 0 radical (unpaired) electrons. The van der Waals surface area contributed by atoms with Gasteiger partial charge in [0.05, 0.1) is 0 Å². The molecule has 45 heavy (non-hydrogen) atoms. The number of benzene rings is 2. The van der Waals surface area contributed by atoms with Gasteiger partial charge in [-0.05, 0) is 0 Å². The van der Waals surface area contributed by atoms with Gasteiger partial charge in [-0.2, -0.15) is 0 Å². The van der Waals surface area contributed by atoms with Gasteiger partial charge in [0.15, 0.2) is 0 Å². The maximum absolute atomic E-state index is 17.6. The summed E-state index contributed by atoms with van der Waals surface area (Å²) in [6, 6.07) is 8.45. The molecule has 0 aliphatic heterocycles. The van der Waals surface area contributed by atoms with E-state index in [1.807, 2.05) is 0 Å². The number of aromatic nitrogens is 2. The summed E-state index contributed by atoms with van der Waals surface area (Å²) in [6.07, 6.45) is 1.10. The third-order valence-electron chi connectivity index (χ3n) is 8.02. The van der Waals surface area contributed by atoms with Crippen molar-refractivity contribution in [3.8, 4) is 0 Å². The summed E-state index contributed by atoms with van der Waals surface area (Å²) in [5.74, 6) is -4.13. The molecular formula is C32H44AuClF6N2O2S. The topological polar surface area (TPSA) is 65.7 Å². The molecule has 0 spiro atoms. The fraction of sp³-hybridized carbons (Fsp3) is 0.531. The van der Waals surface area contributed by atoms with Crippen molar-refractivity contribution in [1.82, 2.24) is 9.97 Å². The Kier molecular flexibility index (Phi) is 10.1. The zero-order chi connectivity index (χ0) is 34.5. The monoisotopic (exact) mass is 866 g/mol. The average molecular weight is 867 g/mol. The van der Waals surface area contributed by atoms with E-state index in [1.165, 1.54) is 36.4 Å². The van der Waals surface area contributed by atoms with Crippen molar-refractivity contribution in [2.75, 3.05) is 5.75 Å². The summed E-state index contributed by atoms with van der Waals surface area (Å²) in [7, 11) is 1.05. The molecule has 1 heterocycles. The van der Waals surface area contributed by atoms with Crippen molar-refractivity contribution in [2.24, 2.45) is 0 Å². The number of imidazole rings is 1. The first-order chi connectivity index (χ1) is 20.5. The first kappa shape index (κ1) is 37.7. The Morgan fingerprint density at radius 3 is 1.22 bits per heavy atom. The molecular weight excluding hydrogens is 823 g/mol. The molecule has 0 saturated heterocycles. The van der Waals surface area contributed by atoms with Crippen LogP contribution in [-0.2, 0) is 23.1 Å². The van der Waals surface area contributed by atoms with E-state index in [0.29, 0.717) is 0 Å². The summed E-state index contributed by atoms with van der Waals surface area (Å²) in [6.45, 7) is 12.7. The van der Waals surface area contributed by atoms with Gasteiger partial charge in [0.2, 0.25) is 0 Å². The summed E-state index contributed by atoms with van der Waals surface area (Å²) in [5, 5.41) is 0. The predicted octanol–water partition coefficient (Wildman–Crippen LogP) is 9.66. The van der Waals surface area contributed by atoms with Crippen LogP contribution in [0.3, 0.4) is 0 Å². The number of aromatic amines is 2. The van der Waals surface area contributed by atoms with Gasteiger partial charge in [-0.15, -0.1) is 0 Å². The van der Waals surface area contributed by atoms with Gasteiger partial charge >= 0.3 is 265 Å². The van der Waals surface area contributed by atoms with Crippen molar-refractivity contribution < 1.29 is 48.8 Å². The Bertz CT molecular complexity index is 1640. The van der Waals surface area contributed by atoms with E-state index in [4.69, 9.17) is 10.7 Å². The number of nitrogens with one attached hydrogen (secondary N) is 2. The van der Waals surface area contributed by atoms with Gasteiger partial charge in [0.1, 0.15) is 0 Å². The molecule has 0 bridgehead atoms. The fourth-order valence-corrected chi connectivity index (χ4v) is 30.5. The van der Waals surface area contributed by atoms with Crippen LogP contribution in [0, 0.1) is 3.63 Å². The number of rotatable bonds is 10. The molecule has 1 aromatic heterocycles. The minimum absolute atomic E-state index is 0.0820. The zero-order valence-electron chi connectivity index (χ0n) is 26.7. The Morgan fingerprint density at radius 2 is 0.978 bits per heavy atom. The van der Waals surface area contributed by atoms with Crippen LogP contribution in [0.15, 0.2) is 48.8 Å². The van der Waals surface area contributed by atoms with E-state index in [2.05, 4.69) is 9.97 Å². The number of alkyl halides is 6. The van der Waals surface area contributed by atoms with Gasteiger partial charge in [-0.3, -0.25) is 0 Å². The van der Waals surface area contributed by atoms with Gasteiger partial charge < -0.3 is 0 Å². The van der Waals surface area contributed by atoms with Gasteiger partial charge in [-0.1, -0.05) is 0 Å². The van der Waals surface area contributed by atoms with E-state index < -0.39 is 83.6 Å². The third kappa shape index (κ3) is 4.80. The second kappa shape index (κ2) is 12.0. The molecule has 2 N–H and O–H groups in total. The molecule has 3 aromatic rings. The number of hydrogen-bond donors (Lipinski definition) is 2. The molecule has 13 heteroatoms. The predicted molar refractivity (Wildman–Crippen MR) is 168 cm³/mol. The van der Waals surface area contributed by atoms with E-state index in [-0.39, 0.29) is 22.3 Å². The standard InChI is InChI=1S/2C12H17.C3H6ClO2S.C3H4N2.2CF3.Au/c2*1-9(2)11-6-5-7-12(8-11)10(3)4;1-2-3-7(4,5)6;1-2-5-3-4-1;2*2-1(3)4;/h2*5-7,9-10H,1-4H3;1-3H2;1-2,4-5H;;;. The summed E-state index contributed by atoms with van der Waals surface area (Å²) < 4.78 is 114. The van der Waals surface area contributed by atoms with Crippen molar-refractivity contribution in [2.45, 2.75) is 98.9 Å². The van der Waals surface area contributed by atoms with Crippen LogP contribution < -0.4 is 7.56 Å². The second-order valence-electron chi connectivity index (χ2n) is 12.2. The molecule has 0 saturated carbocycles. The Labute approximate surface area is 264 Å². The maximum atomic E-state index is 17.6. The van der Waals surface area contributed by atoms with Crippen LogP contribution in [0.4, 0.5) is 26.3 Å². The molecule has 0 atom stereocenters. The van der Waals surface area contributed by atoms with Gasteiger partial charge in [0.25, 0.3) is 0 Å². The summed E-state index contributed by atoms with van der Waals surface area (Å²) in [5.41, 5.74) is -0.328. The molecule has 0 unspecified atom stereocenters. The van der Waals surface area contributed by atoms with Crippen LogP contribution in [-0.4, -0.2) is 32.9 Å². The molecule has 0 aliphatic carbocycles. The van der Waals surface area contributed by atoms with Gasteiger partial charge in [-0.25, -0.2) is 0 Å². The third-order valence-corrected chi connectivity index (χ3v) is 31.3. The number of H-pyrrole nitrogens is 2. The molecule has 260 valence electrons. The summed E-state index contributed by atoms with van der Waals surface area (Å²) >= 11 is -9.65. The first-order valence-electron chi connectivity index (χ1n) is 14.5. The zero-order valence-corrected chi connectivity index (χ0v) is 30.5. The van der Waals surface area contributed by atoms with E-state index in [9.17, 15) is 8.42 Å². The van der Waals surface area contributed by atoms with Crippen LogP contribution in [0.2, 0.25) is 4.64 Å². The van der Waals surface area contributed by atoms with Crippen molar-refractivity contribution in [3.05, 3.63) is 74.7 Å². The van der Waals surface area contributed by atoms with Crippen molar-refractivity contribution >= 4 is 27.3 Å². The molecule has 3 rings (SSSR count). The van der Waals surface area contributed by atoms with E-state index in [1.54, 1.807) is 55.4 Å². The molecule has 4 nitrogen and oxygen atoms in total. The van der Waals surface area contributed by atoms with Crippen LogP contribution >= 0.6 is 10.7 Å². The minimum atomic E-state index is -9.65. The van der Waals surface area contributed by atoms with Crippen molar-refractivity contribution in [3.63, 3.8) is 0 Å². The van der Waals surface area contributed by atoms with Crippen LogP contribution in [0.1, 0.15) is 108 Å². The number of hydrogen-bond acceptors (Lipinski definition) is 2. The fourth-order valence-electron chi connectivity index (χ4n) is 5.96. The molecule has 2 aromatic carbocycles. The Hall–Kier alpha value is -1.79. The summed E-state index contributed by atoms with van der Waals surface area (Å²) in [4.78, 5) is 4.97. The second-order valence-corrected chi connectivity index (χ2v) is 31.2. The number of halogens is 7. The normalized spacial score (nSPS) is 15.3. The Morgan fingerprint density at radius 1 is 0.667 bits per heavy atom. The van der Waals surface area contributed by atoms with Crippen LogP contribution in [0.5, 0.6) is 0 Å². The van der Waals surface area contributed by atoms with E-state index >= 15 is 26.3 Å². The SMILES string of the molecule is CC(C)c1cccc(C(C)C)[c]1[Au]([CH2]CCS(=O)(=O)Cl)([c]1c(C(C)C)cccc1C(C)C)(=[c]1[nH]cc[nH]1)([C](F)(F)F)[C](F)(F)F. The Balaban J connectivity index is 3.30. The quantitative estimate of drug-likeness (QED) is 0.121. The van der Waals surface area contributed by atoms with E-state index in [0.717, 1.165) is 12.4 Å².